The number of hydrogen-bond acceptors (Lipinski definition) is 4. The van der Waals surface area contributed by atoms with Crippen molar-refractivity contribution in [2.75, 3.05) is 0 Å². The van der Waals surface area contributed by atoms with Crippen LogP contribution in [0.15, 0.2) is 17.7 Å². The van der Waals surface area contributed by atoms with Crippen LogP contribution in [0.4, 0.5) is 0 Å². The number of nitrogens with zero attached hydrogens (tertiary/aromatic N) is 5. The molecule has 2 heterocycles. The lowest BCUT2D eigenvalue weighted by atomic mass is 10.5. The molecule has 5 nitrogen and oxygen atoms in total. The Hall–Kier alpha value is -1.01. The lowest BCUT2D eigenvalue weighted by Gasteiger charge is -2.05. The third kappa shape index (κ3) is 2.87. The van der Waals surface area contributed by atoms with Crippen LogP contribution in [0.2, 0.25) is 0 Å². The van der Waals surface area contributed by atoms with Crippen molar-refractivity contribution in [3.05, 3.63) is 24.0 Å². The Morgan fingerprint density at radius 2 is 2.22 bits per heavy atom. The van der Waals surface area contributed by atoms with E-state index in [0.29, 0.717) is 5.88 Å². The summed E-state index contributed by atoms with van der Waals surface area (Å²) >= 11 is 7.47. The average Bonchev–Trinajstić information content (AvgIpc) is 2.94. The first-order valence-corrected chi connectivity index (χ1v) is 7.34. The number of aromatic nitrogens is 5. The Morgan fingerprint density at radius 3 is 2.89 bits per heavy atom. The first kappa shape index (κ1) is 13.4. The zero-order valence-corrected chi connectivity index (χ0v) is 12.1. The van der Waals surface area contributed by atoms with Gasteiger partial charge in [0.1, 0.15) is 12.2 Å². The summed E-state index contributed by atoms with van der Waals surface area (Å²) in [5.74, 6) is 2.24. The highest BCUT2D eigenvalue weighted by molar-refractivity contribution is 7.98. The Kier molecular flexibility index (Phi) is 4.66. The minimum absolute atomic E-state index is 0.482. The number of thioether (sulfide) groups is 1. The van der Waals surface area contributed by atoms with Crippen LogP contribution in [0.1, 0.15) is 24.9 Å². The quantitative estimate of drug-likeness (QED) is 0.604. The second-order valence-corrected chi connectivity index (χ2v) is 5.12. The monoisotopic (exact) mass is 285 g/mol. The fourth-order valence-corrected chi connectivity index (χ4v) is 2.78. The fraction of sp³-hybridized carbons (Fsp3) is 0.545. The zero-order chi connectivity index (χ0) is 13.0. The molecule has 0 unspecified atom stereocenters. The normalized spacial score (nSPS) is 11.1. The van der Waals surface area contributed by atoms with Crippen LogP contribution in [-0.2, 0) is 25.2 Å². The van der Waals surface area contributed by atoms with E-state index in [1.54, 1.807) is 18.1 Å². The lowest BCUT2D eigenvalue weighted by molar-refractivity contribution is 0.581. The van der Waals surface area contributed by atoms with Crippen LogP contribution in [0.5, 0.6) is 0 Å². The fourth-order valence-electron chi connectivity index (χ4n) is 1.61. The van der Waals surface area contributed by atoms with Crippen molar-refractivity contribution in [1.29, 1.82) is 0 Å². The molecule has 0 aliphatic carbocycles. The van der Waals surface area contributed by atoms with Crippen LogP contribution in [0.25, 0.3) is 0 Å². The minimum Gasteiger partial charge on any atom is -0.325 e. The van der Waals surface area contributed by atoms with E-state index in [0.717, 1.165) is 35.4 Å². The Labute approximate surface area is 116 Å². The molecule has 98 valence electrons. The van der Waals surface area contributed by atoms with Gasteiger partial charge >= 0.3 is 0 Å². The maximum absolute atomic E-state index is 5.82. The second-order valence-electron chi connectivity index (χ2n) is 3.91. The Balaban J connectivity index is 2.02. The molecule has 0 N–H and O–H groups in total. The molecule has 0 fully saturated rings. The highest BCUT2D eigenvalue weighted by Crippen LogP contribution is 2.21. The molecular formula is C11H16ClN5S. The molecule has 7 heteroatoms. The summed E-state index contributed by atoms with van der Waals surface area (Å²) in [5, 5.41) is 5.16. The van der Waals surface area contributed by atoms with Gasteiger partial charge < -0.3 is 4.57 Å². The van der Waals surface area contributed by atoms with E-state index in [-0.39, 0.29) is 0 Å². The maximum Gasteiger partial charge on any atom is 0.168 e. The van der Waals surface area contributed by atoms with Gasteiger partial charge in [-0.1, -0.05) is 18.7 Å². The molecule has 2 aromatic heterocycles. The molecule has 0 atom stereocenters. The van der Waals surface area contributed by atoms with Gasteiger partial charge in [-0.3, -0.25) is 0 Å². The van der Waals surface area contributed by atoms with Crippen molar-refractivity contribution in [2.24, 2.45) is 7.05 Å². The van der Waals surface area contributed by atoms with Crippen molar-refractivity contribution in [1.82, 2.24) is 24.3 Å². The van der Waals surface area contributed by atoms with Gasteiger partial charge in [0, 0.05) is 13.6 Å². The van der Waals surface area contributed by atoms with Crippen LogP contribution < -0.4 is 0 Å². The summed E-state index contributed by atoms with van der Waals surface area (Å²) in [6, 6.07) is 0. The van der Waals surface area contributed by atoms with Gasteiger partial charge in [0.25, 0.3) is 0 Å². The molecule has 0 aliphatic heterocycles. The largest absolute Gasteiger partial charge is 0.325 e. The topological polar surface area (TPSA) is 48.5 Å². The molecule has 0 saturated heterocycles. The number of hydrogen-bond donors (Lipinski definition) is 0. The van der Waals surface area contributed by atoms with Gasteiger partial charge in [-0.2, -0.15) is 5.10 Å². The van der Waals surface area contributed by atoms with Gasteiger partial charge in [0.2, 0.25) is 0 Å². The zero-order valence-electron chi connectivity index (χ0n) is 10.5. The van der Waals surface area contributed by atoms with Gasteiger partial charge in [-0.05, 0) is 6.42 Å². The minimum atomic E-state index is 0.482. The summed E-state index contributed by atoms with van der Waals surface area (Å²) in [6.45, 7) is 3.04. The van der Waals surface area contributed by atoms with E-state index < -0.39 is 0 Å². The van der Waals surface area contributed by atoms with E-state index in [2.05, 4.69) is 22.0 Å². The molecule has 0 radical (unpaired) electrons. The van der Waals surface area contributed by atoms with E-state index in [4.69, 9.17) is 11.6 Å². The van der Waals surface area contributed by atoms with Crippen molar-refractivity contribution in [3.63, 3.8) is 0 Å². The molecule has 0 aliphatic rings. The van der Waals surface area contributed by atoms with Gasteiger partial charge in [-0.15, -0.1) is 11.6 Å². The van der Waals surface area contributed by atoms with Crippen LogP contribution in [0, 0.1) is 0 Å². The molecular weight excluding hydrogens is 270 g/mol. The molecule has 2 aromatic rings. The first-order chi connectivity index (χ1) is 8.76. The molecule has 0 bridgehead atoms. The highest BCUT2D eigenvalue weighted by atomic mass is 35.5. The van der Waals surface area contributed by atoms with Crippen LogP contribution in [-0.4, -0.2) is 24.3 Å². The average molecular weight is 286 g/mol. The summed E-state index contributed by atoms with van der Waals surface area (Å²) in [5.41, 5.74) is 1.02. The predicted molar refractivity (Wildman–Crippen MR) is 72.6 cm³/mol. The third-order valence-corrected chi connectivity index (χ3v) is 3.95. The lowest BCUT2D eigenvalue weighted by Crippen LogP contribution is -2.04. The van der Waals surface area contributed by atoms with Gasteiger partial charge in [-0.25, -0.2) is 14.6 Å². The maximum atomic E-state index is 5.82. The van der Waals surface area contributed by atoms with Crippen LogP contribution in [0.3, 0.4) is 0 Å². The predicted octanol–water partition coefficient (Wildman–Crippen LogP) is 2.45. The number of imidazole rings is 1. The highest BCUT2D eigenvalue weighted by Gasteiger charge is 2.09. The summed E-state index contributed by atoms with van der Waals surface area (Å²) in [7, 11) is 1.98. The van der Waals surface area contributed by atoms with Crippen molar-refractivity contribution in [2.45, 2.75) is 36.7 Å². The molecule has 0 spiro atoms. The Morgan fingerprint density at radius 1 is 1.39 bits per heavy atom. The summed E-state index contributed by atoms with van der Waals surface area (Å²) < 4.78 is 3.95. The standard InChI is InChI=1S/C11H16ClN5S/c1-3-4-17-10(14-8-15-17)7-18-11-13-6-9(5-12)16(11)2/h6,8H,3-5,7H2,1-2H3. The molecule has 2 rings (SSSR count). The molecule has 0 aromatic carbocycles. The van der Waals surface area contributed by atoms with Crippen molar-refractivity contribution >= 4 is 23.4 Å². The van der Waals surface area contributed by atoms with Crippen molar-refractivity contribution in [3.8, 4) is 0 Å². The van der Waals surface area contributed by atoms with E-state index in [1.165, 1.54) is 0 Å². The van der Waals surface area contributed by atoms with E-state index >= 15 is 0 Å². The van der Waals surface area contributed by atoms with Gasteiger partial charge in [0.05, 0.1) is 23.5 Å². The smallest absolute Gasteiger partial charge is 0.168 e. The van der Waals surface area contributed by atoms with Crippen molar-refractivity contribution < 1.29 is 0 Å². The molecule has 0 amide bonds. The summed E-state index contributed by atoms with van der Waals surface area (Å²) in [4.78, 5) is 8.62. The Bertz CT molecular complexity index is 507. The number of halogens is 1. The molecule has 0 saturated carbocycles. The number of alkyl halides is 1. The number of aryl methyl sites for hydroxylation is 1. The van der Waals surface area contributed by atoms with Gasteiger partial charge in [0.15, 0.2) is 5.16 Å². The molecule has 18 heavy (non-hydrogen) atoms. The van der Waals surface area contributed by atoms with E-state index in [9.17, 15) is 0 Å². The second kappa shape index (κ2) is 6.24. The number of rotatable bonds is 6. The van der Waals surface area contributed by atoms with E-state index in [1.807, 2.05) is 22.5 Å². The first-order valence-electron chi connectivity index (χ1n) is 5.82. The van der Waals surface area contributed by atoms with Crippen LogP contribution >= 0.6 is 23.4 Å². The SMILES string of the molecule is CCCn1ncnc1CSc1ncc(CCl)n1C. The summed E-state index contributed by atoms with van der Waals surface area (Å²) in [6.07, 6.45) is 4.47. The third-order valence-electron chi connectivity index (χ3n) is 2.64.